The second-order valence-electron chi connectivity index (χ2n) is 5.07. The standard InChI is InChI=1S/2C10H13NO2/c1-8(11-13-3)9-4-6-10(12-2)7-5-9;1-12-10-6-4-3-5-9(10)7-8-11-13-2/h4-7H,1-3H3;3-6,8H,7H2,1-2H3. The van der Waals surface area contributed by atoms with Gasteiger partial charge in [0.25, 0.3) is 0 Å². The zero-order valence-electron chi connectivity index (χ0n) is 15.9. The monoisotopic (exact) mass is 358 g/mol. The van der Waals surface area contributed by atoms with Crippen molar-refractivity contribution in [3.8, 4) is 11.5 Å². The van der Waals surface area contributed by atoms with Crippen LogP contribution >= 0.6 is 0 Å². The van der Waals surface area contributed by atoms with Crippen LogP contribution < -0.4 is 9.47 Å². The molecule has 140 valence electrons. The van der Waals surface area contributed by atoms with Crippen LogP contribution in [0.4, 0.5) is 0 Å². The van der Waals surface area contributed by atoms with E-state index in [4.69, 9.17) is 9.47 Å². The maximum absolute atomic E-state index is 5.17. The molecule has 0 N–H and O–H groups in total. The van der Waals surface area contributed by atoms with Gasteiger partial charge in [0, 0.05) is 12.6 Å². The first kappa shape index (κ1) is 21.0. The highest BCUT2D eigenvalue weighted by molar-refractivity contribution is 5.98. The van der Waals surface area contributed by atoms with Gasteiger partial charge >= 0.3 is 0 Å². The van der Waals surface area contributed by atoms with E-state index < -0.39 is 0 Å². The van der Waals surface area contributed by atoms with Crippen molar-refractivity contribution in [3.05, 3.63) is 59.7 Å². The molecule has 2 aromatic carbocycles. The zero-order valence-corrected chi connectivity index (χ0v) is 15.9. The predicted molar refractivity (Wildman–Crippen MR) is 104 cm³/mol. The fraction of sp³-hybridized carbons (Fsp3) is 0.300. The van der Waals surface area contributed by atoms with Crippen LogP contribution in [0, 0.1) is 0 Å². The Hall–Kier alpha value is -3.02. The van der Waals surface area contributed by atoms with Crippen molar-refractivity contribution < 1.29 is 19.1 Å². The third-order valence-corrected chi connectivity index (χ3v) is 3.42. The van der Waals surface area contributed by atoms with E-state index in [2.05, 4.69) is 20.0 Å². The summed E-state index contributed by atoms with van der Waals surface area (Å²) in [4.78, 5) is 9.24. The molecule has 0 heterocycles. The Morgan fingerprint density at radius 3 is 2.15 bits per heavy atom. The molecule has 0 aromatic heterocycles. The average Bonchev–Trinajstić information content (AvgIpc) is 2.69. The van der Waals surface area contributed by atoms with Gasteiger partial charge in [-0.05, 0) is 48.4 Å². The average molecular weight is 358 g/mol. The fourth-order valence-corrected chi connectivity index (χ4v) is 2.10. The highest BCUT2D eigenvalue weighted by Gasteiger charge is 1.98. The maximum atomic E-state index is 5.17. The molecule has 0 aliphatic heterocycles. The summed E-state index contributed by atoms with van der Waals surface area (Å²) < 4.78 is 10.2. The summed E-state index contributed by atoms with van der Waals surface area (Å²) in [6, 6.07) is 15.5. The number of ether oxygens (including phenoxy) is 2. The van der Waals surface area contributed by atoms with E-state index >= 15 is 0 Å². The summed E-state index contributed by atoms with van der Waals surface area (Å²) >= 11 is 0. The molecule has 0 bridgehead atoms. The first-order valence-electron chi connectivity index (χ1n) is 8.05. The SMILES string of the molecule is CON=C(C)c1ccc(OC)cc1.CON=CCc1ccccc1OC. The van der Waals surface area contributed by atoms with Crippen molar-refractivity contribution in [2.45, 2.75) is 13.3 Å². The lowest BCUT2D eigenvalue weighted by Crippen LogP contribution is -1.95. The molecular formula is C20H26N2O4. The van der Waals surface area contributed by atoms with Crippen molar-refractivity contribution >= 4 is 11.9 Å². The number of methoxy groups -OCH3 is 2. The summed E-state index contributed by atoms with van der Waals surface area (Å²) in [6.45, 7) is 1.89. The molecule has 6 nitrogen and oxygen atoms in total. The van der Waals surface area contributed by atoms with Gasteiger partial charge in [0.1, 0.15) is 25.7 Å². The van der Waals surface area contributed by atoms with E-state index in [1.807, 2.05) is 55.5 Å². The highest BCUT2D eigenvalue weighted by atomic mass is 16.6. The molecule has 0 saturated heterocycles. The number of hydrogen-bond donors (Lipinski definition) is 0. The molecule has 6 heteroatoms. The number of oxime groups is 2. The van der Waals surface area contributed by atoms with Gasteiger partial charge in [0.2, 0.25) is 0 Å². The molecule has 0 fully saturated rings. The minimum absolute atomic E-state index is 0.720. The molecule has 0 aliphatic rings. The van der Waals surface area contributed by atoms with Crippen molar-refractivity contribution in [1.29, 1.82) is 0 Å². The van der Waals surface area contributed by atoms with E-state index in [-0.39, 0.29) is 0 Å². The summed E-state index contributed by atoms with van der Waals surface area (Å²) in [5.74, 6) is 1.72. The highest BCUT2D eigenvalue weighted by Crippen LogP contribution is 2.16. The largest absolute Gasteiger partial charge is 0.497 e. The fourth-order valence-electron chi connectivity index (χ4n) is 2.10. The predicted octanol–water partition coefficient (Wildman–Crippen LogP) is 3.94. The van der Waals surface area contributed by atoms with E-state index in [0.717, 1.165) is 34.8 Å². The Balaban J connectivity index is 0.000000260. The smallest absolute Gasteiger partial charge is 0.122 e. The van der Waals surface area contributed by atoms with Gasteiger partial charge < -0.3 is 19.1 Å². The van der Waals surface area contributed by atoms with E-state index in [9.17, 15) is 0 Å². The van der Waals surface area contributed by atoms with Gasteiger partial charge in [0.05, 0.1) is 19.9 Å². The van der Waals surface area contributed by atoms with Crippen LogP contribution in [-0.2, 0) is 16.1 Å². The molecule has 0 saturated carbocycles. The van der Waals surface area contributed by atoms with Crippen LogP contribution in [-0.4, -0.2) is 40.4 Å². The van der Waals surface area contributed by atoms with Gasteiger partial charge in [-0.3, -0.25) is 0 Å². The summed E-state index contributed by atoms with van der Waals surface area (Å²) in [5.41, 5.74) is 2.98. The van der Waals surface area contributed by atoms with Crippen LogP contribution in [0.2, 0.25) is 0 Å². The summed E-state index contributed by atoms with van der Waals surface area (Å²) in [6.07, 6.45) is 2.43. The minimum atomic E-state index is 0.720. The molecular weight excluding hydrogens is 332 g/mol. The third kappa shape index (κ3) is 7.25. The van der Waals surface area contributed by atoms with Crippen molar-refractivity contribution in [1.82, 2.24) is 0 Å². The lowest BCUT2D eigenvalue weighted by Gasteiger charge is -2.04. The second-order valence-corrected chi connectivity index (χ2v) is 5.07. The van der Waals surface area contributed by atoms with E-state index in [0.29, 0.717) is 0 Å². The number of nitrogens with zero attached hydrogens (tertiary/aromatic N) is 2. The van der Waals surface area contributed by atoms with Crippen molar-refractivity contribution in [2.75, 3.05) is 28.4 Å². The molecule has 2 aromatic rings. The first-order chi connectivity index (χ1) is 12.7. The molecule has 0 aliphatic carbocycles. The number of para-hydroxylation sites is 1. The maximum Gasteiger partial charge on any atom is 0.122 e. The van der Waals surface area contributed by atoms with Gasteiger partial charge in [-0.25, -0.2) is 0 Å². The van der Waals surface area contributed by atoms with Crippen LogP contribution in [0.5, 0.6) is 11.5 Å². The van der Waals surface area contributed by atoms with Crippen LogP contribution in [0.25, 0.3) is 0 Å². The van der Waals surface area contributed by atoms with Gasteiger partial charge in [-0.2, -0.15) is 0 Å². The Bertz CT molecular complexity index is 697. The van der Waals surface area contributed by atoms with Gasteiger partial charge in [0.15, 0.2) is 0 Å². The molecule has 0 atom stereocenters. The summed E-state index contributed by atoms with van der Waals surface area (Å²) in [5, 5.41) is 7.49. The Morgan fingerprint density at radius 2 is 1.58 bits per heavy atom. The van der Waals surface area contributed by atoms with Crippen LogP contribution in [0.3, 0.4) is 0 Å². The van der Waals surface area contributed by atoms with Gasteiger partial charge in [-0.1, -0.05) is 28.5 Å². The Kier molecular flexibility index (Phi) is 9.99. The first-order valence-corrected chi connectivity index (χ1v) is 8.05. The van der Waals surface area contributed by atoms with E-state index in [1.165, 1.54) is 14.2 Å². The quantitative estimate of drug-likeness (QED) is 0.556. The molecule has 0 spiro atoms. The number of rotatable bonds is 7. The second kappa shape index (κ2) is 12.4. The lowest BCUT2D eigenvalue weighted by molar-refractivity contribution is 0.213. The van der Waals surface area contributed by atoms with Crippen LogP contribution in [0.15, 0.2) is 58.8 Å². The topological polar surface area (TPSA) is 61.6 Å². The molecule has 0 unspecified atom stereocenters. The Labute approximate surface area is 155 Å². The van der Waals surface area contributed by atoms with Crippen LogP contribution in [0.1, 0.15) is 18.1 Å². The molecule has 2 rings (SSSR count). The van der Waals surface area contributed by atoms with E-state index in [1.54, 1.807) is 20.4 Å². The third-order valence-electron chi connectivity index (χ3n) is 3.42. The normalized spacial score (nSPS) is 10.7. The zero-order chi connectivity index (χ0) is 19.2. The molecule has 0 radical (unpaired) electrons. The molecule has 26 heavy (non-hydrogen) atoms. The number of hydrogen-bond acceptors (Lipinski definition) is 6. The van der Waals surface area contributed by atoms with Crippen molar-refractivity contribution in [2.24, 2.45) is 10.3 Å². The van der Waals surface area contributed by atoms with Crippen molar-refractivity contribution in [3.63, 3.8) is 0 Å². The van der Waals surface area contributed by atoms with Gasteiger partial charge in [-0.15, -0.1) is 0 Å². The number of benzene rings is 2. The summed E-state index contributed by atoms with van der Waals surface area (Å²) in [7, 11) is 6.36. The lowest BCUT2D eigenvalue weighted by atomic mass is 10.1. The Morgan fingerprint density at radius 1 is 0.885 bits per heavy atom. The molecule has 0 amide bonds. The minimum Gasteiger partial charge on any atom is -0.497 e.